The van der Waals surface area contributed by atoms with Crippen LogP contribution in [0.15, 0.2) is 24.3 Å². The molecule has 3 heteroatoms. The maximum Gasteiger partial charge on any atom is 0.125 e. The second-order valence-electron chi connectivity index (χ2n) is 6.64. The van der Waals surface area contributed by atoms with E-state index in [1.54, 1.807) is 0 Å². The Bertz CT molecular complexity index is 559. The van der Waals surface area contributed by atoms with Crippen LogP contribution in [-0.4, -0.2) is 24.4 Å². The third kappa shape index (κ3) is 0.954. The van der Waals surface area contributed by atoms with Crippen molar-refractivity contribution in [2.24, 2.45) is 5.92 Å². The number of nitrogens with one attached hydrogen (secondary N) is 2. The van der Waals surface area contributed by atoms with Gasteiger partial charge in [0.25, 0.3) is 0 Å². The number of para-hydroxylation sites is 1. The molecule has 2 bridgehead atoms. The first kappa shape index (κ1) is 10.7. The highest BCUT2D eigenvalue weighted by Crippen LogP contribution is 2.64. The molecule has 1 aliphatic carbocycles. The molecule has 19 heavy (non-hydrogen) atoms. The van der Waals surface area contributed by atoms with Gasteiger partial charge < -0.3 is 10.1 Å². The molecule has 0 radical (unpaired) electrons. The smallest absolute Gasteiger partial charge is 0.125 e. The van der Waals surface area contributed by atoms with Gasteiger partial charge in [-0.15, -0.1) is 0 Å². The summed E-state index contributed by atoms with van der Waals surface area (Å²) in [5, 5.41) is 7.61. The molecule has 3 nitrogen and oxygen atoms in total. The summed E-state index contributed by atoms with van der Waals surface area (Å²) in [4.78, 5) is 0. The van der Waals surface area contributed by atoms with E-state index in [1.807, 2.05) is 0 Å². The summed E-state index contributed by atoms with van der Waals surface area (Å²) in [6.07, 6.45) is 4.43. The van der Waals surface area contributed by atoms with Crippen molar-refractivity contribution in [3.05, 3.63) is 29.8 Å². The van der Waals surface area contributed by atoms with Crippen LogP contribution < -0.4 is 10.6 Å². The highest BCUT2D eigenvalue weighted by molar-refractivity contribution is 5.67. The SMILES string of the molecule is CC1OC2CCC1[C@]13CCN[C@]21Nc1ccccc13. The summed E-state index contributed by atoms with van der Waals surface area (Å²) in [6, 6.07) is 8.90. The van der Waals surface area contributed by atoms with Crippen molar-refractivity contribution in [3.8, 4) is 0 Å². The fourth-order valence-corrected chi connectivity index (χ4v) is 5.62. The Morgan fingerprint density at radius 3 is 3.05 bits per heavy atom. The second-order valence-corrected chi connectivity index (χ2v) is 6.64. The molecule has 100 valence electrons. The van der Waals surface area contributed by atoms with Crippen molar-refractivity contribution in [2.45, 2.75) is 49.5 Å². The zero-order valence-electron chi connectivity index (χ0n) is 11.3. The molecule has 0 aromatic heterocycles. The molecule has 0 spiro atoms. The van der Waals surface area contributed by atoms with Crippen LogP contribution in [0.5, 0.6) is 0 Å². The summed E-state index contributed by atoms with van der Waals surface area (Å²) < 4.78 is 6.30. The quantitative estimate of drug-likeness (QED) is 0.747. The Kier molecular flexibility index (Phi) is 1.78. The van der Waals surface area contributed by atoms with Crippen LogP contribution in [0.1, 0.15) is 31.7 Å². The predicted octanol–water partition coefficient (Wildman–Crippen LogP) is 2.24. The number of benzene rings is 1. The summed E-state index contributed by atoms with van der Waals surface area (Å²) in [6.45, 7) is 3.37. The maximum atomic E-state index is 6.30. The molecule has 1 aromatic carbocycles. The minimum absolute atomic E-state index is 0.0356. The molecule has 4 aliphatic heterocycles. The molecule has 1 saturated carbocycles. The van der Waals surface area contributed by atoms with Crippen LogP contribution in [0.4, 0.5) is 5.69 Å². The Labute approximate surface area is 113 Å². The normalized spacial score (nSPS) is 49.4. The summed E-state index contributed by atoms with van der Waals surface area (Å²) in [5.41, 5.74) is 3.07. The number of rotatable bonds is 0. The highest BCUT2D eigenvalue weighted by atomic mass is 16.5. The first-order valence-electron chi connectivity index (χ1n) is 7.56. The molecule has 0 amide bonds. The van der Waals surface area contributed by atoms with Gasteiger partial charge in [0.2, 0.25) is 0 Å². The molecular weight excluding hydrogens is 236 g/mol. The van der Waals surface area contributed by atoms with Crippen LogP contribution in [0, 0.1) is 5.92 Å². The number of fused-ring (bicyclic) bond motifs is 3. The van der Waals surface area contributed by atoms with Crippen molar-refractivity contribution in [1.29, 1.82) is 0 Å². The van der Waals surface area contributed by atoms with Gasteiger partial charge in [-0.3, -0.25) is 5.32 Å². The summed E-state index contributed by atoms with van der Waals surface area (Å²) in [5.74, 6) is 0.642. The molecule has 1 aromatic rings. The van der Waals surface area contributed by atoms with Gasteiger partial charge in [0.05, 0.1) is 12.2 Å². The number of hydrogen-bond donors (Lipinski definition) is 2. The lowest BCUT2D eigenvalue weighted by Gasteiger charge is -2.60. The van der Waals surface area contributed by atoms with Crippen molar-refractivity contribution < 1.29 is 4.74 Å². The Morgan fingerprint density at radius 2 is 2.16 bits per heavy atom. The van der Waals surface area contributed by atoms with Crippen LogP contribution >= 0.6 is 0 Å². The zero-order chi connectivity index (χ0) is 12.7. The van der Waals surface area contributed by atoms with Crippen LogP contribution in [-0.2, 0) is 10.2 Å². The van der Waals surface area contributed by atoms with Crippen molar-refractivity contribution in [3.63, 3.8) is 0 Å². The Balaban J connectivity index is 1.81. The lowest BCUT2D eigenvalue weighted by Crippen LogP contribution is -2.74. The van der Waals surface area contributed by atoms with Crippen LogP contribution in [0.25, 0.3) is 0 Å². The van der Waals surface area contributed by atoms with E-state index < -0.39 is 0 Å². The molecule has 3 saturated heterocycles. The Morgan fingerprint density at radius 1 is 1.26 bits per heavy atom. The van der Waals surface area contributed by atoms with Gasteiger partial charge in [0.1, 0.15) is 5.66 Å². The molecule has 5 aliphatic rings. The van der Waals surface area contributed by atoms with E-state index in [0.717, 1.165) is 6.54 Å². The molecule has 6 rings (SSSR count). The van der Waals surface area contributed by atoms with E-state index in [1.165, 1.54) is 30.5 Å². The highest BCUT2D eigenvalue weighted by Gasteiger charge is 2.72. The van der Waals surface area contributed by atoms with Crippen molar-refractivity contribution in [1.82, 2.24) is 5.32 Å². The van der Waals surface area contributed by atoms with E-state index in [4.69, 9.17) is 4.74 Å². The lowest BCUT2D eigenvalue weighted by atomic mass is 9.54. The van der Waals surface area contributed by atoms with Crippen LogP contribution in [0.2, 0.25) is 0 Å². The number of ether oxygens (including phenoxy) is 1. The monoisotopic (exact) mass is 256 g/mol. The minimum atomic E-state index is -0.0356. The first-order valence-corrected chi connectivity index (χ1v) is 7.56. The van der Waals surface area contributed by atoms with E-state index in [2.05, 4.69) is 41.8 Å². The molecule has 3 unspecified atom stereocenters. The molecule has 4 heterocycles. The summed E-state index contributed by atoms with van der Waals surface area (Å²) in [7, 11) is 0. The average Bonchev–Trinajstić information content (AvgIpc) is 2.94. The lowest BCUT2D eigenvalue weighted by molar-refractivity contribution is -0.187. The maximum absolute atomic E-state index is 6.30. The van der Waals surface area contributed by atoms with Gasteiger partial charge in [-0.25, -0.2) is 0 Å². The minimum Gasteiger partial charge on any atom is -0.371 e. The topological polar surface area (TPSA) is 33.3 Å². The van der Waals surface area contributed by atoms with E-state index in [9.17, 15) is 0 Å². The van der Waals surface area contributed by atoms with Gasteiger partial charge >= 0.3 is 0 Å². The average molecular weight is 256 g/mol. The van der Waals surface area contributed by atoms with E-state index in [-0.39, 0.29) is 11.1 Å². The second kappa shape index (κ2) is 3.15. The van der Waals surface area contributed by atoms with Gasteiger partial charge in [0.15, 0.2) is 0 Å². The number of hydrogen-bond acceptors (Lipinski definition) is 3. The number of anilines is 1. The summed E-state index contributed by atoms with van der Waals surface area (Å²) >= 11 is 0. The zero-order valence-corrected chi connectivity index (χ0v) is 11.3. The fraction of sp³-hybridized carbons (Fsp3) is 0.625. The fourth-order valence-electron chi connectivity index (χ4n) is 5.62. The predicted molar refractivity (Wildman–Crippen MR) is 74.2 cm³/mol. The van der Waals surface area contributed by atoms with Gasteiger partial charge in [-0.05, 0) is 50.3 Å². The molecule has 5 atom stereocenters. The molecule has 4 fully saturated rings. The standard InChI is InChI=1S/C16H20N2O/c1-10-11-6-7-14(19-10)16-15(11,8-9-17-16)12-4-2-3-5-13(12)18-16/h2-5,10-11,14,17-18H,6-9H2,1H3/t10?,11?,14?,15-,16-/m0/s1. The van der Waals surface area contributed by atoms with E-state index in [0.29, 0.717) is 18.1 Å². The van der Waals surface area contributed by atoms with Gasteiger partial charge in [-0.1, -0.05) is 18.2 Å². The van der Waals surface area contributed by atoms with Crippen molar-refractivity contribution in [2.75, 3.05) is 11.9 Å². The molecular formula is C16H20N2O. The van der Waals surface area contributed by atoms with Gasteiger partial charge in [0, 0.05) is 11.1 Å². The van der Waals surface area contributed by atoms with E-state index >= 15 is 0 Å². The largest absolute Gasteiger partial charge is 0.371 e. The Hall–Kier alpha value is -1.06. The van der Waals surface area contributed by atoms with Crippen LogP contribution in [0.3, 0.4) is 0 Å². The molecule has 2 N–H and O–H groups in total. The first-order chi connectivity index (χ1) is 9.28. The van der Waals surface area contributed by atoms with Crippen molar-refractivity contribution >= 4 is 5.69 Å². The third-order valence-corrected chi connectivity index (χ3v) is 6.17. The third-order valence-electron chi connectivity index (χ3n) is 6.17. The van der Waals surface area contributed by atoms with Gasteiger partial charge in [-0.2, -0.15) is 0 Å².